The number of nitrogens with zero attached hydrogens (tertiary/aromatic N) is 3. The van der Waals surface area contributed by atoms with Crippen LogP contribution in [0.1, 0.15) is 54.1 Å². The number of amides is 1. The standard InChI is InChI=1S/C24H31N3O/c1-17-23(18(2)26(3)25-17)16-27(15-19-10-6-4-7-11-19)24(28)22-14-21(22)20-12-8-5-9-13-20/h4-6,8-9,12-13,19,21-22H,7,10-11,14-16H2,1-3H3/t19-,21+,22+/m1/s1. The number of hydrogen-bond donors (Lipinski definition) is 0. The van der Waals surface area contributed by atoms with Gasteiger partial charge in [0, 0.05) is 37.3 Å². The maximum Gasteiger partial charge on any atom is 0.226 e. The summed E-state index contributed by atoms with van der Waals surface area (Å²) in [6, 6.07) is 10.5. The normalized spacial score (nSPS) is 23.6. The van der Waals surface area contributed by atoms with Gasteiger partial charge in [-0.15, -0.1) is 0 Å². The van der Waals surface area contributed by atoms with Crippen LogP contribution in [0, 0.1) is 25.7 Å². The lowest BCUT2D eigenvalue weighted by molar-refractivity contribution is -0.134. The van der Waals surface area contributed by atoms with Gasteiger partial charge in [0.05, 0.1) is 5.69 Å². The quantitative estimate of drug-likeness (QED) is 0.694. The molecule has 0 radical (unpaired) electrons. The van der Waals surface area contributed by atoms with Crippen molar-refractivity contribution in [2.45, 2.75) is 52.0 Å². The molecule has 0 N–H and O–H groups in total. The van der Waals surface area contributed by atoms with Crippen molar-refractivity contribution in [3.05, 3.63) is 65.0 Å². The Morgan fingerprint density at radius 2 is 2.00 bits per heavy atom. The summed E-state index contributed by atoms with van der Waals surface area (Å²) >= 11 is 0. The van der Waals surface area contributed by atoms with Crippen LogP contribution < -0.4 is 0 Å². The summed E-state index contributed by atoms with van der Waals surface area (Å²) in [6.07, 6.45) is 8.92. The molecular formula is C24H31N3O. The number of carbonyl (C=O) groups excluding carboxylic acids is 1. The summed E-state index contributed by atoms with van der Waals surface area (Å²) in [5, 5.41) is 4.56. The van der Waals surface area contributed by atoms with Crippen LogP contribution in [-0.4, -0.2) is 27.1 Å². The lowest BCUT2D eigenvalue weighted by Crippen LogP contribution is -2.37. The highest BCUT2D eigenvalue weighted by atomic mass is 16.2. The van der Waals surface area contributed by atoms with Gasteiger partial charge < -0.3 is 4.90 Å². The first kappa shape index (κ1) is 19.0. The van der Waals surface area contributed by atoms with Crippen molar-refractivity contribution in [3.8, 4) is 0 Å². The van der Waals surface area contributed by atoms with Crippen molar-refractivity contribution in [2.75, 3.05) is 6.54 Å². The second-order valence-electron chi connectivity index (χ2n) is 8.50. The average molecular weight is 378 g/mol. The van der Waals surface area contributed by atoms with Gasteiger partial charge in [-0.2, -0.15) is 5.10 Å². The molecule has 1 aromatic heterocycles. The van der Waals surface area contributed by atoms with Crippen molar-refractivity contribution in [3.63, 3.8) is 0 Å². The van der Waals surface area contributed by atoms with E-state index >= 15 is 0 Å². The third-order valence-corrected chi connectivity index (χ3v) is 6.51. The van der Waals surface area contributed by atoms with Gasteiger partial charge in [0.15, 0.2) is 0 Å². The van der Waals surface area contributed by atoms with Crippen LogP contribution in [0.3, 0.4) is 0 Å². The Kier molecular flexibility index (Phi) is 5.38. The van der Waals surface area contributed by atoms with Gasteiger partial charge in [-0.3, -0.25) is 9.48 Å². The molecule has 2 aliphatic carbocycles. The summed E-state index contributed by atoms with van der Waals surface area (Å²) in [6.45, 7) is 5.70. The summed E-state index contributed by atoms with van der Waals surface area (Å²) in [5.74, 6) is 1.42. The minimum atomic E-state index is 0.138. The van der Waals surface area contributed by atoms with E-state index in [0.29, 0.717) is 24.3 Å². The molecule has 4 nitrogen and oxygen atoms in total. The van der Waals surface area contributed by atoms with Gasteiger partial charge in [-0.05, 0) is 56.9 Å². The van der Waals surface area contributed by atoms with Gasteiger partial charge in [0.25, 0.3) is 0 Å². The van der Waals surface area contributed by atoms with Crippen LogP contribution in [0.25, 0.3) is 0 Å². The van der Waals surface area contributed by atoms with E-state index < -0.39 is 0 Å². The molecule has 148 valence electrons. The minimum Gasteiger partial charge on any atom is -0.338 e. The van der Waals surface area contributed by atoms with Crippen molar-refractivity contribution in [1.29, 1.82) is 0 Å². The molecule has 4 rings (SSSR count). The number of aromatic nitrogens is 2. The molecule has 0 spiro atoms. The highest BCUT2D eigenvalue weighted by Gasteiger charge is 2.46. The van der Waals surface area contributed by atoms with Crippen molar-refractivity contribution in [2.24, 2.45) is 18.9 Å². The average Bonchev–Trinajstić information content (AvgIpc) is 3.48. The smallest absolute Gasteiger partial charge is 0.226 e. The number of benzene rings is 1. The fourth-order valence-corrected chi connectivity index (χ4v) is 4.57. The van der Waals surface area contributed by atoms with Gasteiger partial charge in [0.1, 0.15) is 0 Å². The van der Waals surface area contributed by atoms with E-state index in [2.05, 4.69) is 60.3 Å². The summed E-state index contributed by atoms with van der Waals surface area (Å²) in [4.78, 5) is 15.6. The predicted octanol–water partition coefficient (Wildman–Crippen LogP) is 4.53. The van der Waals surface area contributed by atoms with Crippen LogP contribution in [0.2, 0.25) is 0 Å². The first-order valence-corrected chi connectivity index (χ1v) is 10.5. The fourth-order valence-electron chi connectivity index (χ4n) is 4.57. The van der Waals surface area contributed by atoms with Crippen LogP contribution in [0.4, 0.5) is 0 Å². The van der Waals surface area contributed by atoms with Gasteiger partial charge in [-0.25, -0.2) is 0 Å². The number of allylic oxidation sites excluding steroid dienone is 2. The first-order chi connectivity index (χ1) is 13.5. The first-order valence-electron chi connectivity index (χ1n) is 10.5. The van der Waals surface area contributed by atoms with Gasteiger partial charge in [0.2, 0.25) is 5.91 Å². The van der Waals surface area contributed by atoms with E-state index in [1.54, 1.807) is 0 Å². The molecule has 0 aliphatic heterocycles. The molecule has 1 heterocycles. The number of carbonyl (C=O) groups is 1. The zero-order valence-corrected chi connectivity index (χ0v) is 17.3. The molecule has 1 amide bonds. The summed E-state index contributed by atoms with van der Waals surface area (Å²) in [5.41, 5.74) is 4.71. The third kappa shape index (κ3) is 3.91. The molecular weight excluding hydrogens is 346 g/mol. The van der Waals surface area contributed by atoms with Crippen molar-refractivity contribution < 1.29 is 4.79 Å². The molecule has 0 bridgehead atoms. The maximum atomic E-state index is 13.5. The van der Waals surface area contributed by atoms with E-state index in [1.807, 2.05) is 17.8 Å². The van der Waals surface area contributed by atoms with E-state index in [-0.39, 0.29) is 5.92 Å². The predicted molar refractivity (Wildman–Crippen MR) is 112 cm³/mol. The largest absolute Gasteiger partial charge is 0.338 e. The Bertz CT molecular complexity index is 867. The molecule has 1 fully saturated rings. The molecule has 0 unspecified atom stereocenters. The number of rotatable bonds is 6. The van der Waals surface area contributed by atoms with Crippen LogP contribution in [0.5, 0.6) is 0 Å². The topological polar surface area (TPSA) is 38.1 Å². The molecule has 1 aromatic carbocycles. The van der Waals surface area contributed by atoms with Gasteiger partial charge in [-0.1, -0.05) is 42.5 Å². The Morgan fingerprint density at radius 3 is 2.64 bits per heavy atom. The van der Waals surface area contributed by atoms with E-state index in [1.165, 1.54) is 17.5 Å². The molecule has 4 heteroatoms. The Labute approximate surface area is 168 Å². The van der Waals surface area contributed by atoms with Crippen LogP contribution in [0.15, 0.2) is 42.5 Å². The van der Waals surface area contributed by atoms with Crippen LogP contribution in [-0.2, 0) is 18.4 Å². The van der Waals surface area contributed by atoms with Crippen molar-refractivity contribution >= 4 is 5.91 Å². The molecule has 2 aliphatic rings. The van der Waals surface area contributed by atoms with E-state index in [0.717, 1.165) is 37.2 Å². The molecule has 3 atom stereocenters. The van der Waals surface area contributed by atoms with Gasteiger partial charge >= 0.3 is 0 Å². The van der Waals surface area contributed by atoms with Crippen molar-refractivity contribution in [1.82, 2.24) is 14.7 Å². The number of hydrogen-bond acceptors (Lipinski definition) is 2. The lowest BCUT2D eigenvalue weighted by Gasteiger charge is -2.29. The molecule has 28 heavy (non-hydrogen) atoms. The molecule has 0 saturated heterocycles. The third-order valence-electron chi connectivity index (χ3n) is 6.51. The number of aryl methyl sites for hydroxylation is 2. The fraction of sp³-hybridized carbons (Fsp3) is 0.500. The zero-order valence-electron chi connectivity index (χ0n) is 17.3. The van der Waals surface area contributed by atoms with E-state index in [4.69, 9.17) is 0 Å². The molecule has 2 aromatic rings. The second kappa shape index (κ2) is 7.94. The maximum absolute atomic E-state index is 13.5. The summed E-state index contributed by atoms with van der Waals surface area (Å²) in [7, 11) is 1.98. The zero-order chi connectivity index (χ0) is 19.7. The lowest BCUT2D eigenvalue weighted by atomic mass is 9.93. The second-order valence-corrected chi connectivity index (χ2v) is 8.50. The van der Waals surface area contributed by atoms with E-state index in [9.17, 15) is 4.79 Å². The summed E-state index contributed by atoms with van der Waals surface area (Å²) < 4.78 is 1.93. The Hall–Kier alpha value is -2.36. The SMILES string of the molecule is Cc1nn(C)c(C)c1CN(C[C@@H]1CC=CCC1)C(=O)[C@H]1C[C@H]1c1ccccc1. The highest BCUT2D eigenvalue weighted by molar-refractivity contribution is 5.83. The Morgan fingerprint density at radius 1 is 1.21 bits per heavy atom. The van der Waals surface area contributed by atoms with Crippen LogP contribution >= 0.6 is 0 Å². The molecule has 1 saturated carbocycles. The highest BCUT2D eigenvalue weighted by Crippen LogP contribution is 2.48. The minimum absolute atomic E-state index is 0.138. The Balaban J connectivity index is 1.52. The monoisotopic (exact) mass is 377 g/mol.